The summed E-state index contributed by atoms with van der Waals surface area (Å²) in [7, 11) is 0. The first kappa shape index (κ1) is 25.4. The SMILES string of the molecule is CCCCCCCCCCCCCCc1[nH]cc[n+]1CCCC.O=[N+]([O-])[O-]. The Morgan fingerprint density at radius 2 is 1.26 bits per heavy atom. The number of hydrogen-bond donors (Lipinski definition) is 1. The van der Waals surface area contributed by atoms with Gasteiger partial charge in [-0.05, 0) is 12.8 Å². The molecule has 0 saturated heterocycles. The molecule has 0 spiro atoms. The van der Waals surface area contributed by atoms with Crippen LogP contribution < -0.4 is 4.57 Å². The normalized spacial score (nSPS) is 10.4. The van der Waals surface area contributed by atoms with E-state index in [1.165, 1.54) is 109 Å². The maximum Gasteiger partial charge on any atom is 0.254 e. The van der Waals surface area contributed by atoms with Crippen molar-refractivity contribution < 1.29 is 9.65 Å². The van der Waals surface area contributed by atoms with Gasteiger partial charge in [0.15, 0.2) is 0 Å². The van der Waals surface area contributed by atoms with E-state index in [0.717, 1.165) is 0 Å². The molecule has 0 saturated carbocycles. The second-order valence-electron chi connectivity index (χ2n) is 7.32. The van der Waals surface area contributed by atoms with Gasteiger partial charge in [-0.3, -0.25) is 0 Å². The van der Waals surface area contributed by atoms with Crippen LogP contribution in [-0.4, -0.2) is 10.1 Å². The van der Waals surface area contributed by atoms with Gasteiger partial charge in [0.2, 0.25) is 0 Å². The molecule has 6 nitrogen and oxygen atoms in total. The fourth-order valence-corrected chi connectivity index (χ4v) is 3.28. The van der Waals surface area contributed by atoms with E-state index in [9.17, 15) is 0 Å². The lowest BCUT2D eigenvalue weighted by molar-refractivity contribution is -0.703. The quantitative estimate of drug-likeness (QED) is 0.162. The molecule has 0 radical (unpaired) electrons. The minimum absolute atomic E-state index is 1.17. The number of H-pyrrole nitrogens is 1. The standard InChI is InChI=1S/C21H40N2.NO3/c1-3-5-7-8-9-10-11-12-13-14-15-16-17-21-22-18-20-23(21)19-6-4-2;2-1(3)4/h18,20H,3-17,19H2,1-2H3;/q;-1/p+1. The number of aromatic amines is 1. The predicted molar refractivity (Wildman–Crippen MR) is 111 cm³/mol. The highest BCUT2D eigenvalue weighted by Crippen LogP contribution is 2.12. The van der Waals surface area contributed by atoms with Crippen molar-refractivity contribution in [2.45, 2.75) is 117 Å². The Hall–Kier alpha value is -1.59. The molecule has 1 heterocycles. The zero-order chi connectivity index (χ0) is 20.2. The van der Waals surface area contributed by atoms with Crippen LogP contribution in [0.2, 0.25) is 0 Å². The summed E-state index contributed by atoms with van der Waals surface area (Å²) in [5, 5.41) is 14.8. The van der Waals surface area contributed by atoms with Crippen LogP contribution >= 0.6 is 0 Å². The van der Waals surface area contributed by atoms with E-state index < -0.39 is 5.09 Å². The summed E-state index contributed by atoms with van der Waals surface area (Å²) in [6, 6.07) is 0. The molecule has 0 atom stereocenters. The number of nitrogens with one attached hydrogen (secondary N) is 1. The Kier molecular flexibility index (Phi) is 18.0. The Morgan fingerprint density at radius 3 is 1.74 bits per heavy atom. The largest absolute Gasteiger partial charge is 0.356 e. The zero-order valence-electron chi connectivity index (χ0n) is 17.6. The van der Waals surface area contributed by atoms with Gasteiger partial charge >= 0.3 is 0 Å². The summed E-state index contributed by atoms with van der Waals surface area (Å²) in [5.74, 6) is 1.42. The molecule has 1 aromatic heterocycles. The van der Waals surface area contributed by atoms with E-state index in [0.29, 0.717) is 0 Å². The van der Waals surface area contributed by atoms with Gasteiger partial charge in [0.1, 0.15) is 12.4 Å². The van der Waals surface area contributed by atoms with Crippen molar-refractivity contribution in [2.75, 3.05) is 0 Å². The van der Waals surface area contributed by atoms with Crippen molar-refractivity contribution >= 4 is 0 Å². The molecule has 0 aliphatic rings. The van der Waals surface area contributed by atoms with Crippen LogP contribution in [0.3, 0.4) is 0 Å². The molecule has 0 amide bonds. The third-order valence-electron chi connectivity index (χ3n) is 4.87. The zero-order valence-corrected chi connectivity index (χ0v) is 17.6. The molecule has 0 bridgehead atoms. The molecule has 27 heavy (non-hydrogen) atoms. The molecule has 0 unspecified atom stereocenters. The number of rotatable bonds is 16. The van der Waals surface area contributed by atoms with Gasteiger partial charge < -0.3 is 15.3 Å². The van der Waals surface area contributed by atoms with Crippen molar-refractivity contribution in [3.63, 3.8) is 0 Å². The minimum Gasteiger partial charge on any atom is -0.356 e. The van der Waals surface area contributed by atoms with Crippen molar-refractivity contribution in [1.29, 1.82) is 0 Å². The van der Waals surface area contributed by atoms with Crippen molar-refractivity contribution in [3.05, 3.63) is 33.5 Å². The van der Waals surface area contributed by atoms with Crippen molar-refractivity contribution in [3.8, 4) is 0 Å². The summed E-state index contributed by atoms with van der Waals surface area (Å²) < 4.78 is 2.40. The van der Waals surface area contributed by atoms with E-state index >= 15 is 0 Å². The van der Waals surface area contributed by atoms with Crippen LogP contribution in [0.25, 0.3) is 0 Å². The van der Waals surface area contributed by atoms with E-state index in [1.807, 2.05) is 0 Å². The van der Waals surface area contributed by atoms with Crippen LogP contribution in [-0.2, 0) is 13.0 Å². The maximum atomic E-state index is 8.25. The first-order chi connectivity index (χ1) is 13.1. The fraction of sp³-hybridized carbons (Fsp3) is 0.857. The monoisotopic (exact) mass is 383 g/mol. The first-order valence-corrected chi connectivity index (χ1v) is 11.0. The topological polar surface area (TPSA) is 85.9 Å². The third kappa shape index (κ3) is 17.6. The van der Waals surface area contributed by atoms with Gasteiger partial charge in [0.05, 0.1) is 11.6 Å². The van der Waals surface area contributed by atoms with Gasteiger partial charge in [0, 0.05) is 6.42 Å². The number of aromatic nitrogens is 2. The van der Waals surface area contributed by atoms with Crippen LogP contribution in [0.15, 0.2) is 12.4 Å². The Bertz CT molecular complexity index is 446. The molecule has 158 valence electrons. The summed E-state index contributed by atoms with van der Waals surface area (Å²) >= 11 is 0. The second-order valence-corrected chi connectivity index (χ2v) is 7.32. The highest BCUT2D eigenvalue weighted by atomic mass is 16.9. The molecule has 6 heteroatoms. The van der Waals surface area contributed by atoms with Gasteiger partial charge in [-0.15, -0.1) is 0 Å². The summed E-state index contributed by atoms with van der Waals surface area (Å²) in [4.78, 5) is 11.7. The Labute approximate surface area is 165 Å². The fourth-order valence-electron chi connectivity index (χ4n) is 3.28. The van der Waals surface area contributed by atoms with E-state index in [4.69, 9.17) is 15.3 Å². The number of hydrogen-bond acceptors (Lipinski definition) is 3. The van der Waals surface area contributed by atoms with Gasteiger partial charge in [-0.2, -0.15) is 0 Å². The van der Waals surface area contributed by atoms with Crippen LogP contribution in [0.1, 0.15) is 110 Å². The molecule has 0 aromatic carbocycles. The van der Waals surface area contributed by atoms with Gasteiger partial charge in [0.25, 0.3) is 5.82 Å². The van der Waals surface area contributed by atoms with Crippen molar-refractivity contribution in [2.24, 2.45) is 0 Å². The molecule has 0 aliphatic carbocycles. The lowest BCUT2D eigenvalue weighted by Gasteiger charge is -2.03. The molecular formula is C21H41N3O3. The Balaban J connectivity index is 0.00000153. The lowest BCUT2D eigenvalue weighted by atomic mass is 10.0. The molecular weight excluding hydrogens is 342 g/mol. The highest BCUT2D eigenvalue weighted by Gasteiger charge is 2.08. The molecule has 1 rings (SSSR count). The number of imidazole rings is 1. The van der Waals surface area contributed by atoms with Crippen molar-refractivity contribution in [1.82, 2.24) is 4.98 Å². The van der Waals surface area contributed by atoms with E-state index in [2.05, 4.69) is 35.8 Å². The third-order valence-corrected chi connectivity index (χ3v) is 4.87. The summed E-state index contributed by atoms with van der Waals surface area (Å²) in [6.45, 7) is 5.73. The van der Waals surface area contributed by atoms with Gasteiger partial charge in [-0.1, -0.05) is 90.9 Å². The smallest absolute Gasteiger partial charge is 0.254 e. The number of nitrogens with zero attached hydrogens (tertiary/aromatic N) is 2. The average Bonchev–Trinajstić information content (AvgIpc) is 3.07. The molecule has 1 aromatic rings. The molecule has 0 fully saturated rings. The predicted octanol–water partition coefficient (Wildman–Crippen LogP) is 6.11. The highest BCUT2D eigenvalue weighted by molar-refractivity contribution is 4.77. The summed E-state index contributed by atoms with van der Waals surface area (Å²) in [6.07, 6.45) is 25.2. The van der Waals surface area contributed by atoms with E-state index in [-0.39, 0.29) is 0 Å². The maximum absolute atomic E-state index is 8.25. The molecule has 1 N–H and O–H groups in total. The minimum atomic E-state index is -1.75. The first-order valence-electron chi connectivity index (χ1n) is 11.0. The Morgan fingerprint density at radius 1 is 0.815 bits per heavy atom. The van der Waals surface area contributed by atoms with Crippen LogP contribution in [0.4, 0.5) is 0 Å². The number of unbranched alkanes of at least 4 members (excludes halogenated alkanes) is 12. The average molecular weight is 384 g/mol. The molecule has 0 aliphatic heterocycles. The van der Waals surface area contributed by atoms with Gasteiger partial charge in [-0.25, -0.2) is 9.55 Å². The van der Waals surface area contributed by atoms with Crippen LogP contribution in [0.5, 0.6) is 0 Å². The number of aryl methyl sites for hydroxylation is 2. The second kappa shape index (κ2) is 19.2. The van der Waals surface area contributed by atoms with Crippen LogP contribution in [0, 0.1) is 15.3 Å². The lowest BCUT2D eigenvalue weighted by Crippen LogP contribution is -2.35. The summed E-state index contributed by atoms with van der Waals surface area (Å²) in [5.41, 5.74) is 0. The van der Waals surface area contributed by atoms with E-state index in [1.54, 1.807) is 0 Å².